The molecule has 7 nitrogen and oxygen atoms in total. The van der Waals surface area contributed by atoms with E-state index in [0.717, 1.165) is 12.8 Å². The molecule has 0 N–H and O–H groups in total. The summed E-state index contributed by atoms with van der Waals surface area (Å²) in [7, 11) is -3.24. The van der Waals surface area contributed by atoms with Crippen molar-refractivity contribution in [2.24, 2.45) is 11.8 Å². The summed E-state index contributed by atoms with van der Waals surface area (Å²) in [4.78, 5) is 26.2. The summed E-state index contributed by atoms with van der Waals surface area (Å²) >= 11 is 0. The number of hydrogen-bond acceptors (Lipinski definition) is 5. The quantitative estimate of drug-likeness (QED) is 0.679. The second-order valence-electron chi connectivity index (χ2n) is 6.45. The lowest BCUT2D eigenvalue weighted by atomic mass is 9.93. The number of nitrogens with zero attached hydrogens (tertiary/aromatic N) is 2. The van der Waals surface area contributed by atoms with Crippen LogP contribution < -0.4 is 0 Å². The fourth-order valence-corrected chi connectivity index (χ4v) is 4.61. The Morgan fingerprint density at radius 1 is 1.04 bits per heavy atom. The second-order valence-corrected chi connectivity index (χ2v) is 8.71. The number of amides is 1. The van der Waals surface area contributed by atoms with Gasteiger partial charge in [-0.1, -0.05) is 0 Å². The van der Waals surface area contributed by atoms with E-state index in [4.69, 9.17) is 4.74 Å². The van der Waals surface area contributed by atoms with Gasteiger partial charge >= 0.3 is 5.97 Å². The van der Waals surface area contributed by atoms with Crippen LogP contribution in [0.25, 0.3) is 0 Å². The van der Waals surface area contributed by atoms with E-state index in [0.29, 0.717) is 39.1 Å². The fraction of sp³-hybridized carbons (Fsp3) is 0.875. The van der Waals surface area contributed by atoms with Crippen LogP contribution in [0.1, 0.15) is 39.5 Å². The van der Waals surface area contributed by atoms with Crippen LogP contribution in [0.5, 0.6) is 0 Å². The minimum absolute atomic E-state index is 0.0216. The number of rotatable bonds is 5. The van der Waals surface area contributed by atoms with Crippen LogP contribution in [-0.2, 0) is 24.3 Å². The molecular weight excluding hydrogens is 332 g/mol. The van der Waals surface area contributed by atoms with Crippen LogP contribution in [0.4, 0.5) is 0 Å². The third-order valence-corrected chi connectivity index (χ3v) is 6.77. The van der Waals surface area contributed by atoms with E-state index in [1.165, 1.54) is 4.31 Å². The van der Waals surface area contributed by atoms with Gasteiger partial charge in [0.15, 0.2) is 0 Å². The monoisotopic (exact) mass is 360 g/mol. The van der Waals surface area contributed by atoms with Crippen LogP contribution in [0.2, 0.25) is 0 Å². The van der Waals surface area contributed by atoms with Crippen LogP contribution in [0.3, 0.4) is 0 Å². The second kappa shape index (κ2) is 8.29. The molecule has 8 heteroatoms. The predicted octanol–water partition coefficient (Wildman–Crippen LogP) is 0.850. The number of likely N-dealkylation sites (tertiary alicyclic amines) is 1. The van der Waals surface area contributed by atoms with Crippen molar-refractivity contribution < 1.29 is 22.7 Å². The maximum Gasteiger partial charge on any atom is 0.309 e. The molecule has 1 atom stereocenters. The summed E-state index contributed by atoms with van der Waals surface area (Å²) in [6.07, 6.45) is 2.68. The Kier molecular flexibility index (Phi) is 6.62. The van der Waals surface area contributed by atoms with Gasteiger partial charge < -0.3 is 9.64 Å². The molecule has 2 saturated heterocycles. The van der Waals surface area contributed by atoms with Gasteiger partial charge in [-0.05, 0) is 39.5 Å². The molecule has 0 aromatic carbocycles. The largest absolute Gasteiger partial charge is 0.466 e. The van der Waals surface area contributed by atoms with Crippen molar-refractivity contribution in [3.63, 3.8) is 0 Å². The van der Waals surface area contributed by atoms with Gasteiger partial charge in [-0.2, -0.15) is 0 Å². The average molecular weight is 360 g/mol. The van der Waals surface area contributed by atoms with Gasteiger partial charge in [-0.25, -0.2) is 12.7 Å². The van der Waals surface area contributed by atoms with E-state index in [-0.39, 0.29) is 36.0 Å². The van der Waals surface area contributed by atoms with E-state index in [9.17, 15) is 18.0 Å². The van der Waals surface area contributed by atoms with Gasteiger partial charge in [0.25, 0.3) is 0 Å². The Hall–Kier alpha value is -1.15. The highest BCUT2D eigenvalue weighted by Crippen LogP contribution is 2.25. The van der Waals surface area contributed by atoms with Gasteiger partial charge in [0.05, 0.1) is 24.2 Å². The molecule has 2 fully saturated rings. The summed E-state index contributed by atoms with van der Waals surface area (Å²) in [6.45, 7) is 5.66. The van der Waals surface area contributed by atoms with Crippen molar-refractivity contribution in [2.45, 2.75) is 39.5 Å². The zero-order chi connectivity index (χ0) is 17.7. The number of piperidine rings is 2. The highest BCUT2D eigenvalue weighted by Gasteiger charge is 2.35. The summed E-state index contributed by atoms with van der Waals surface area (Å²) in [6, 6.07) is 0. The van der Waals surface area contributed by atoms with E-state index >= 15 is 0 Å². The Labute approximate surface area is 144 Å². The maximum atomic E-state index is 12.7. The van der Waals surface area contributed by atoms with Crippen molar-refractivity contribution in [3.8, 4) is 0 Å². The Bertz CT molecular complexity index is 555. The molecular formula is C16H28N2O5S. The van der Waals surface area contributed by atoms with E-state index < -0.39 is 10.0 Å². The third-order valence-electron chi connectivity index (χ3n) is 4.92. The standard InChI is InChI=1S/C16H28N2O5S/c1-3-23-16(20)13-7-10-17(11-8-13)15(19)14-6-5-9-18(12-14)24(21,22)4-2/h13-14H,3-12H2,1-2H3/t14-/m1/s1. The normalized spacial score (nSPS) is 23.9. The summed E-state index contributed by atoms with van der Waals surface area (Å²) in [5, 5.41) is 0. The molecule has 2 aliphatic heterocycles. The predicted molar refractivity (Wildman–Crippen MR) is 89.7 cm³/mol. The van der Waals surface area contributed by atoms with Gasteiger partial charge in [0, 0.05) is 26.2 Å². The number of carbonyl (C=O) groups excluding carboxylic acids is 2. The number of sulfonamides is 1. The van der Waals surface area contributed by atoms with Crippen molar-refractivity contribution in [1.29, 1.82) is 0 Å². The Morgan fingerprint density at radius 2 is 1.71 bits per heavy atom. The minimum Gasteiger partial charge on any atom is -0.466 e. The number of hydrogen-bond donors (Lipinski definition) is 0. The molecule has 0 saturated carbocycles. The average Bonchev–Trinajstić information content (AvgIpc) is 2.61. The number of ether oxygens (including phenoxy) is 1. The highest BCUT2D eigenvalue weighted by atomic mass is 32.2. The van der Waals surface area contributed by atoms with E-state index in [1.54, 1.807) is 18.7 Å². The molecule has 0 radical (unpaired) electrons. The van der Waals surface area contributed by atoms with Gasteiger partial charge in [0.2, 0.25) is 15.9 Å². The molecule has 0 aromatic heterocycles. The summed E-state index contributed by atoms with van der Waals surface area (Å²) in [5.74, 6) is -0.480. The molecule has 1 amide bonds. The first kappa shape index (κ1) is 19.2. The lowest BCUT2D eigenvalue weighted by Gasteiger charge is -2.36. The lowest BCUT2D eigenvalue weighted by molar-refractivity contribution is -0.152. The smallest absolute Gasteiger partial charge is 0.309 e. The molecule has 0 unspecified atom stereocenters. The molecule has 0 aromatic rings. The zero-order valence-electron chi connectivity index (χ0n) is 14.6. The van der Waals surface area contributed by atoms with Gasteiger partial charge in [-0.3, -0.25) is 9.59 Å². The van der Waals surface area contributed by atoms with E-state index in [2.05, 4.69) is 0 Å². The Morgan fingerprint density at radius 3 is 2.29 bits per heavy atom. The van der Waals surface area contributed by atoms with Crippen LogP contribution in [0, 0.1) is 11.8 Å². The van der Waals surface area contributed by atoms with Crippen LogP contribution >= 0.6 is 0 Å². The fourth-order valence-electron chi connectivity index (χ4n) is 3.43. The topological polar surface area (TPSA) is 84.0 Å². The third kappa shape index (κ3) is 4.47. The van der Waals surface area contributed by atoms with Crippen LogP contribution in [-0.4, -0.2) is 68.0 Å². The first-order valence-electron chi connectivity index (χ1n) is 8.82. The molecule has 138 valence electrons. The molecule has 0 aliphatic carbocycles. The summed E-state index contributed by atoms with van der Waals surface area (Å²) < 4.78 is 30.5. The molecule has 0 spiro atoms. The van der Waals surface area contributed by atoms with Gasteiger partial charge in [-0.15, -0.1) is 0 Å². The number of esters is 1. The SMILES string of the molecule is CCOC(=O)C1CCN(C(=O)[C@@H]2CCCN(S(=O)(=O)CC)C2)CC1. The first-order valence-corrected chi connectivity index (χ1v) is 10.4. The Balaban J connectivity index is 1.90. The molecule has 0 bridgehead atoms. The highest BCUT2D eigenvalue weighted by molar-refractivity contribution is 7.89. The van der Waals surface area contributed by atoms with Crippen molar-refractivity contribution in [1.82, 2.24) is 9.21 Å². The molecule has 2 aliphatic rings. The minimum atomic E-state index is -3.24. The molecule has 24 heavy (non-hydrogen) atoms. The first-order chi connectivity index (χ1) is 11.4. The number of carbonyl (C=O) groups is 2. The molecule has 2 heterocycles. The van der Waals surface area contributed by atoms with Crippen molar-refractivity contribution in [3.05, 3.63) is 0 Å². The van der Waals surface area contributed by atoms with E-state index in [1.807, 2.05) is 0 Å². The maximum absolute atomic E-state index is 12.7. The van der Waals surface area contributed by atoms with Crippen molar-refractivity contribution >= 4 is 21.9 Å². The lowest BCUT2D eigenvalue weighted by Crippen LogP contribution is -2.49. The molecule has 2 rings (SSSR count). The van der Waals surface area contributed by atoms with Crippen LogP contribution in [0.15, 0.2) is 0 Å². The van der Waals surface area contributed by atoms with Gasteiger partial charge in [0.1, 0.15) is 0 Å². The van der Waals surface area contributed by atoms with Crippen molar-refractivity contribution in [2.75, 3.05) is 38.5 Å². The summed E-state index contributed by atoms with van der Waals surface area (Å²) in [5.41, 5.74) is 0. The zero-order valence-corrected chi connectivity index (χ0v) is 15.4.